The van der Waals surface area contributed by atoms with E-state index in [1.807, 2.05) is 16.7 Å². The van der Waals surface area contributed by atoms with Crippen molar-refractivity contribution in [1.82, 2.24) is 20.0 Å². The third-order valence-electron chi connectivity index (χ3n) is 6.95. The first-order valence-corrected chi connectivity index (χ1v) is 12.2. The summed E-state index contributed by atoms with van der Waals surface area (Å²) in [6.07, 6.45) is 0.411. The average Bonchev–Trinajstić information content (AvgIpc) is 3.19. The molecule has 12 heteroatoms. The summed E-state index contributed by atoms with van der Waals surface area (Å²) in [5, 5.41) is 30.0. The van der Waals surface area contributed by atoms with Crippen LogP contribution in [0.5, 0.6) is 0 Å². The molecular weight excluding hydrogens is 450 g/mol. The second kappa shape index (κ2) is 9.51. The number of rotatable bonds is 6. The van der Waals surface area contributed by atoms with Crippen LogP contribution in [-0.4, -0.2) is 105 Å². The van der Waals surface area contributed by atoms with E-state index < -0.39 is 18.2 Å². The van der Waals surface area contributed by atoms with Crippen molar-refractivity contribution >= 4 is 36.1 Å². The van der Waals surface area contributed by atoms with Crippen LogP contribution in [0.1, 0.15) is 26.7 Å². The van der Waals surface area contributed by atoms with E-state index in [1.54, 1.807) is 6.92 Å². The van der Waals surface area contributed by atoms with Gasteiger partial charge in [0.1, 0.15) is 0 Å². The molecule has 4 aliphatic rings. The quantitative estimate of drug-likeness (QED) is 0.182. The molecule has 4 rings (SSSR count). The summed E-state index contributed by atoms with van der Waals surface area (Å²) in [5.74, 6) is -0.986. The summed E-state index contributed by atoms with van der Waals surface area (Å²) in [4.78, 5) is 42.7. The predicted molar refractivity (Wildman–Crippen MR) is 120 cm³/mol. The standard InChI is InChI=1S/C21H31N5O6S/c1-11-16-15(12(2)27)19(29)26(16)20(32-21(30)31)17(11)33-13-8-14(23-9-13)18(28)25-5-3-4-24(10-22)6-7-25/h10-16,22-23,27H,3-9H2,1-2H3,(H,30,31)/t11?,12?,13?,14?,15?,16-/m0/s1. The van der Waals surface area contributed by atoms with Crippen LogP contribution in [0.2, 0.25) is 0 Å². The number of amides is 2. The number of fused-ring (bicyclic) bond motifs is 1. The molecule has 0 aromatic rings. The number of hydrogen-bond donors (Lipinski definition) is 4. The number of ether oxygens (including phenoxy) is 1. The molecule has 3 fully saturated rings. The molecule has 33 heavy (non-hydrogen) atoms. The summed E-state index contributed by atoms with van der Waals surface area (Å²) in [6, 6.07) is -0.644. The molecule has 0 aromatic heterocycles. The Kier molecular flexibility index (Phi) is 6.87. The largest absolute Gasteiger partial charge is 0.512 e. The van der Waals surface area contributed by atoms with Gasteiger partial charge in [-0.3, -0.25) is 19.9 Å². The number of carbonyl (C=O) groups excluding carboxylic acids is 2. The normalized spacial score (nSPS) is 32.9. The van der Waals surface area contributed by atoms with Crippen LogP contribution in [0.25, 0.3) is 0 Å². The summed E-state index contributed by atoms with van der Waals surface area (Å²) in [6.45, 7) is 6.73. The van der Waals surface area contributed by atoms with E-state index in [1.165, 1.54) is 23.0 Å². The Morgan fingerprint density at radius 2 is 2.06 bits per heavy atom. The molecular formula is C21H31N5O6S. The Morgan fingerprint density at radius 1 is 1.30 bits per heavy atom. The van der Waals surface area contributed by atoms with E-state index in [4.69, 9.17) is 10.1 Å². The van der Waals surface area contributed by atoms with E-state index in [9.17, 15) is 24.6 Å². The number of thioether (sulfide) groups is 1. The SMILES string of the molecule is CC(O)C1C(=O)N2C(OC(=O)O)=C(SC3CNC(C(=O)N4CCCN(C=N)CC4)C3)C(C)[C@@H]12. The molecule has 4 aliphatic heterocycles. The second-order valence-corrected chi connectivity index (χ2v) is 10.4. The zero-order chi connectivity index (χ0) is 23.9. The smallest absolute Gasteiger partial charge is 0.449 e. The van der Waals surface area contributed by atoms with Gasteiger partial charge in [-0.1, -0.05) is 6.92 Å². The van der Waals surface area contributed by atoms with E-state index in [2.05, 4.69) is 5.32 Å². The van der Waals surface area contributed by atoms with Crippen molar-refractivity contribution < 1.29 is 29.3 Å². The zero-order valence-electron chi connectivity index (χ0n) is 18.8. The molecule has 0 radical (unpaired) electrons. The number of nitrogens with one attached hydrogen (secondary N) is 2. The van der Waals surface area contributed by atoms with Crippen molar-refractivity contribution in [3.63, 3.8) is 0 Å². The topological polar surface area (TPSA) is 146 Å². The zero-order valence-corrected chi connectivity index (χ0v) is 19.6. The highest BCUT2D eigenvalue weighted by atomic mass is 32.2. The Hall–Kier alpha value is -2.31. The number of β-lactam (4-membered cyclic amide) rings is 1. The maximum absolute atomic E-state index is 13.1. The molecule has 0 saturated carbocycles. The van der Waals surface area contributed by atoms with Crippen molar-refractivity contribution in [1.29, 1.82) is 5.41 Å². The van der Waals surface area contributed by atoms with Crippen LogP contribution in [0.3, 0.4) is 0 Å². The first-order valence-electron chi connectivity index (χ1n) is 11.3. The third kappa shape index (κ3) is 4.43. The number of hydrogen-bond acceptors (Lipinski definition) is 8. The van der Waals surface area contributed by atoms with Gasteiger partial charge in [-0.05, 0) is 19.8 Å². The maximum atomic E-state index is 13.1. The van der Waals surface area contributed by atoms with Gasteiger partial charge in [-0.15, -0.1) is 11.8 Å². The van der Waals surface area contributed by atoms with Crippen molar-refractivity contribution in [2.75, 3.05) is 32.7 Å². The molecule has 182 valence electrons. The molecule has 3 saturated heterocycles. The lowest BCUT2D eigenvalue weighted by Crippen LogP contribution is -2.63. The number of nitrogens with zero attached hydrogens (tertiary/aromatic N) is 3. The van der Waals surface area contributed by atoms with E-state index >= 15 is 0 Å². The van der Waals surface area contributed by atoms with Gasteiger partial charge in [0.15, 0.2) is 0 Å². The molecule has 4 heterocycles. The lowest BCUT2D eigenvalue weighted by Gasteiger charge is -2.45. The minimum atomic E-state index is -1.48. The third-order valence-corrected chi connectivity index (χ3v) is 8.45. The number of aliphatic hydroxyl groups excluding tert-OH is 1. The molecule has 5 unspecified atom stereocenters. The van der Waals surface area contributed by atoms with Gasteiger partial charge >= 0.3 is 6.16 Å². The van der Waals surface area contributed by atoms with E-state index in [0.29, 0.717) is 37.5 Å². The molecule has 2 amide bonds. The number of aliphatic hydroxyl groups is 1. The molecule has 0 aliphatic carbocycles. The molecule has 0 aromatic carbocycles. The molecule has 6 atom stereocenters. The Labute approximate surface area is 196 Å². The fourth-order valence-corrected chi connectivity index (χ4v) is 6.69. The first kappa shape index (κ1) is 23.8. The summed E-state index contributed by atoms with van der Waals surface area (Å²) in [5.41, 5.74) is 0. The average molecular weight is 482 g/mol. The predicted octanol–water partition coefficient (Wildman–Crippen LogP) is 0.313. The molecule has 11 nitrogen and oxygen atoms in total. The van der Waals surface area contributed by atoms with Gasteiger partial charge in [-0.25, -0.2) is 4.79 Å². The fourth-order valence-electron chi connectivity index (χ4n) is 5.27. The fraction of sp³-hybridized carbons (Fsp3) is 0.714. The van der Waals surface area contributed by atoms with Crippen molar-refractivity contribution in [2.24, 2.45) is 11.8 Å². The van der Waals surface area contributed by atoms with E-state index in [-0.39, 0.29) is 40.9 Å². The van der Waals surface area contributed by atoms with Crippen LogP contribution in [-0.2, 0) is 14.3 Å². The van der Waals surface area contributed by atoms with Gasteiger partial charge in [0.05, 0.1) is 35.3 Å². The van der Waals surface area contributed by atoms with Gasteiger partial charge in [0.25, 0.3) is 0 Å². The lowest BCUT2D eigenvalue weighted by molar-refractivity contribution is -0.163. The van der Waals surface area contributed by atoms with Crippen LogP contribution in [0.4, 0.5) is 4.79 Å². The molecule has 0 spiro atoms. The van der Waals surface area contributed by atoms with E-state index in [0.717, 1.165) is 13.0 Å². The minimum absolute atomic E-state index is 0.0210. The number of carbonyl (C=O) groups is 3. The highest BCUT2D eigenvalue weighted by Gasteiger charge is 2.60. The van der Waals surface area contributed by atoms with Crippen molar-refractivity contribution in [3.8, 4) is 0 Å². The highest BCUT2D eigenvalue weighted by Crippen LogP contribution is 2.52. The Bertz CT molecular complexity index is 866. The van der Waals surface area contributed by atoms with Crippen LogP contribution in [0, 0.1) is 17.2 Å². The highest BCUT2D eigenvalue weighted by molar-refractivity contribution is 8.03. The molecule has 0 bridgehead atoms. The van der Waals surface area contributed by atoms with Crippen LogP contribution < -0.4 is 5.32 Å². The Balaban J connectivity index is 1.43. The summed E-state index contributed by atoms with van der Waals surface area (Å²) < 4.78 is 5.02. The summed E-state index contributed by atoms with van der Waals surface area (Å²) >= 11 is 1.46. The summed E-state index contributed by atoms with van der Waals surface area (Å²) in [7, 11) is 0. The second-order valence-electron chi connectivity index (χ2n) is 9.07. The van der Waals surface area contributed by atoms with Gasteiger partial charge in [-0.2, -0.15) is 0 Å². The number of carboxylic acid groups (broad SMARTS) is 1. The Morgan fingerprint density at radius 3 is 2.73 bits per heavy atom. The van der Waals surface area contributed by atoms with Crippen LogP contribution >= 0.6 is 11.8 Å². The van der Waals surface area contributed by atoms with Crippen molar-refractivity contribution in [2.45, 2.75) is 50.1 Å². The maximum Gasteiger partial charge on any atom is 0.512 e. The lowest BCUT2D eigenvalue weighted by atomic mass is 9.79. The monoisotopic (exact) mass is 481 g/mol. The molecule has 4 N–H and O–H groups in total. The van der Waals surface area contributed by atoms with Crippen molar-refractivity contribution in [3.05, 3.63) is 10.8 Å². The van der Waals surface area contributed by atoms with Gasteiger partial charge in [0, 0.05) is 43.9 Å². The van der Waals surface area contributed by atoms with Crippen LogP contribution in [0.15, 0.2) is 10.8 Å². The minimum Gasteiger partial charge on any atom is -0.449 e. The van der Waals surface area contributed by atoms with Gasteiger partial charge < -0.3 is 30.1 Å². The van der Waals surface area contributed by atoms with Gasteiger partial charge in [0.2, 0.25) is 17.7 Å². The first-order chi connectivity index (χ1) is 15.7.